The van der Waals surface area contributed by atoms with Crippen molar-refractivity contribution in [1.82, 2.24) is 0 Å². The normalized spacial score (nSPS) is 11.5. The van der Waals surface area contributed by atoms with Crippen LogP contribution in [0.5, 0.6) is 0 Å². The van der Waals surface area contributed by atoms with Crippen molar-refractivity contribution in [2.24, 2.45) is 0 Å². The molecule has 0 aliphatic heterocycles. The predicted octanol–water partition coefficient (Wildman–Crippen LogP) is 4.86. The Kier molecular flexibility index (Phi) is 4.20. The minimum absolute atomic E-state index is 0.137. The molecule has 0 fully saturated rings. The highest BCUT2D eigenvalue weighted by atomic mass is 32.1. The third-order valence-electron chi connectivity index (χ3n) is 3.29. The molecule has 2 aromatic rings. The third kappa shape index (κ3) is 3.77. The molecule has 0 atom stereocenters. The lowest BCUT2D eigenvalue weighted by Crippen LogP contribution is -2.11. The van der Waals surface area contributed by atoms with Crippen molar-refractivity contribution in [2.45, 2.75) is 39.0 Å². The highest BCUT2D eigenvalue weighted by molar-refractivity contribution is 7.07. The van der Waals surface area contributed by atoms with Crippen molar-refractivity contribution in [1.29, 1.82) is 0 Å². The van der Waals surface area contributed by atoms with Crippen molar-refractivity contribution in [3.05, 3.63) is 57.8 Å². The monoisotopic (exact) mass is 272 g/mol. The highest BCUT2D eigenvalue weighted by Gasteiger charge is 2.14. The molecule has 0 saturated heterocycles. The molecule has 0 saturated carbocycles. The van der Waals surface area contributed by atoms with Crippen LogP contribution in [0.15, 0.2) is 41.1 Å². The van der Waals surface area contributed by atoms with E-state index < -0.39 is 0 Å². The molecule has 0 radical (unpaired) electrons. The van der Waals surface area contributed by atoms with E-state index in [0.717, 1.165) is 12.0 Å². The zero-order valence-corrected chi connectivity index (χ0v) is 12.6. The number of aryl methyl sites for hydroxylation is 1. The molecule has 19 heavy (non-hydrogen) atoms. The van der Waals surface area contributed by atoms with Gasteiger partial charge in [-0.05, 0) is 39.8 Å². The molecule has 1 nitrogen and oxygen atoms in total. The van der Waals surface area contributed by atoms with E-state index in [1.807, 2.05) is 12.1 Å². The first-order chi connectivity index (χ1) is 8.97. The van der Waals surface area contributed by atoms with Gasteiger partial charge < -0.3 is 0 Å². The van der Waals surface area contributed by atoms with Crippen molar-refractivity contribution < 1.29 is 4.79 Å². The van der Waals surface area contributed by atoms with Gasteiger partial charge in [-0.15, -0.1) is 0 Å². The van der Waals surface area contributed by atoms with E-state index in [1.165, 1.54) is 11.1 Å². The Morgan fingerprint density at radius 1 is 1.11 bits per heavy atom. The summed E-state index contributed by atoms with van der Waals surface area (Å²) >= 11 is 1.68. The Hall–Kier alpha value is -1.41. The molecule has 0 bridgehead atoms. The minimum atomic E-state index is 0.137. The molecule has 2 heteroatoms. The summed E-state index contributed by atoms with van der Waals surface area (Å²) in [6.07, 6.45) is 1.43. The fourth-order valence-electron chi connectivity index (χ4n) is 1.99. The van der Waals surface area contributed by atoms with Gasteiger partial charge in [0.05, 0.1) is 0 Å². The molecular weight excluding hydrogens is 252 g/mol. The van der Waals surface area contributed by atoms with Crippen LogP contribution in [0.25, 0.3) is 0 Å². The SMILES string of the molecule is CC(C)(C)c1ccc(C(=O)CCc2ccsc2)cc1. The molecule has 0 aliphatic carbocycles. The third-order valence-corrected chi connectivity index (χ3v) is 4.03. The van der Waals surface area contributed by atoms with Gasteiger partial charge in [-0.1, -0.05) is 45.0 Å². The molecule has 0 amide bonds. The molecule has 0 spiro atoms. The van der Waals surface area contributed by atoms with E-state index in [2.05, 4.69) is 49.7 Å². The summed E-state index contributed by atoms with van der Waals surface area (Å²) in [6.45, 7) is 6.54. The van der Waals surface area contributed by atoms with Crippen LogP contribution >= 0.6 is 11.3 Å². The average Bonchev–Trinajstić information content (AvgIpc) is 2.88. The largest absolute Gasteiger partial charge is 0.294 e. The molecule has 100 valence electrons. The summed E-state index contributed by atoms with van der Waals surface area (Å²) in [5, 5.41) is 4.16. The van der Waals surface area contributed by atoms with Gasteiger partial charge >= 0.3 is 0 Å². The summed E-state index contributed by atoms with van der Waals surface area (Å²) in [5.41, 5.74) is 3.48. The molecule has 0 aliphatic rings. The van der Waals surface area contributed by atoms with Crippen molar-refractivity contribution in [3.63, 3.8) is 0 Å². The van der Waals surface area contributed by atoms with E-state index in [1.54, 1.807) is 11.3 Å². The smallest absolute Gasteiger partial charge is 0.163 e. The van der Waals surface area contributed by atoms with Crippen LogP contribution in [0.4, 0.5) is 0 Å². The van der Waals surface area contributed by atoms with Crippen LogP contribution in [-0.4, -0.2) is 5.78 Å². The molecule has 0 unspecified atom stereocenters. The lowest BCUT2D eigenvalue weighted by atomic mass is 9.86. The second-order valence-corrected chi connectivity index (χ2v) is 6.66. The number of carbonyl (C=O) groups excluding carboxylic acids is 1. The van der Waals surface area contributed by atoms with Gasteiger partial charge in [-0.2, -0.15) is 11.3 Å². The topological polar surface area (TPSA) is 17.1 Å². The van der Waals surface area contributed by atoms with Gasteiger partial charge in [0, 0.05) is 12.0 Å². The zero-order valence-electron chi connectivity index (χ0n) is 11.8. The van der Waals surface area contributed by atoms with Crippen molar-refractivity contribution in [2.75, 3.05) is 0 Å². The van der Waals surface area contributed by atoms with Gasteiger partial charge in [-0.25, -0.2) is 0 Å². The molecule has 1 aromatic carbocycles. The average molecular weight is 272 g/mol. The fraction of sp³-hybridized carbons (Fsp3) is 0.353. The number of Topliss-reactive ketones (excluding diaryl/α,β-unsaturated/α-hetero) is 1. The summed E-state index contributed by atoms with van der Waals surface area (Å²) in [5.74, 6) is 0.228. The first-order valence-electron chi connectivity index (χ1n) is 6.61. The first-order valence-corrected chi connectivity index (χ1v) is 7.56. The number of carbonyl (C=O) groups is 1. The predicted molar refractivity (Wildman–Crippen MR) is 82.1 cm³/mol. The second kappa shape index (κ2) is 5.70. The maximum Gasteiger partial charge on any atom is 0.163 e. The number of ketones is 1. The second-order valence-electron chi connectivity index (χ2n) is 5.88. The van der Waals surface area contributed by atoms with Crippen LogP contribution in [0.3, 0.4) is 0 Å². The highest BCUT2D eigenvalue weighted by Crippen LogP contribution is 2.22. The van der Waals surface area contributed by atoms with Crippen molar-refractivity contribution >= 4 is 17.1 Å². The molecule has 1 aromatic heterocycles. The van der Waals surface area contributed by atoms with Gasteiger partial charge in [0.2, 0.25) is 0 Å². The van der Waals surface area contributed by atoms with E-state index in [0.29, 0.717) is 6.42 Å². The summed E-state index contributed by atoms with van der Waals surface area (Å²) in [6, 6.07) is 10.1. The first kappa shape index (κ1) is 14.0. The molecule has 0 N–H and O–H groups in total. The lowest BCUT2D eigenvalue weighted by Gasteiger charge is -2.18. The van der Waals surface area contributed by atoms with Crippen molar-refractivity contribution in [3.8, 4) is 0 Å². The molecule has 2 rings (SSSR count). The van der Waals surface area contributed by atoms with E-state index in [-0.39, 0.29) is 11.2 Å². The molecular formula is C17H20OS. The zero-order chi connectivity index (χ0) is 13.9. The summed E-state index contributed by atoms with van der Waals surface area (Å²) in [4.78, 5) is 12.1. The fourth-order valence-corrected chi connectivity index (χ4v) is 2.70. The Labute approximate surface area is 119 Å². The van der Waals surface area contributed by atoms with Gasteiger partial charge in [-0.3, -0.25) is 4.79 Å². The Morgan fingerprint density at radius 3 is 2.32 bits per heavy atom. The van der Waals surface area contributed by atoms with E-state index in [9.17, 15) is 4.79 Å². The number of hydrogen-bond acceptors (Lipinski definition) is 2. The summed E-state index contributed by atoms with van der Waals surface area (Å²) < 4.78 is 0. The maximum absolute atomic E-state index is 12.1. The summed E-state index contributed by atoms with van der Waals surface area (Å²) in [7, 11) is 0. The lowest BCUT2D eigenvalue weighted by molar-refractivity contribution is 0.0983. The van der Waals surface area contributed by atoms with Crippen LogP contribution in [0.1, 0.15) is 48.7 Å². The minimum Gasteiger partial charge on any atom is -0.294 e. The number of hydrogen-bond donors (Lipinski definition) is 0. The number of thiophene rings is 1. The Bertz CT molecular complexity index is 530. The van der Waals surface area contributed by atoms with Gasteiger partial charge in [0.1, 0.15) is 0 Å². The number of benzene rings is 1. The Balaban J connectivity index is 2.00. The van der Waals surface area contributed by atoms with E-state index >= 15 is 0 Å². The van der Waals surface area contributed by atoms with Gasteiger partial charge in [0.15, 0.2) is 5.78 Å². The van der Waals surface area contributed by atoms with Gasteiger partial charge in [0.25, 0.3) is 0 Å². The maximum atomic E-state index is 12.1. The van der Waals surface area contributed by atoms with Crippen LogP contribution < -0.4 is 0 Å². The van der Waals surface area contributed by atoms with Crippen LogP contribution in [0.2, 0.25) is 0 Å². The number of rotatable bonds is 4. The Morgan fingerprint density at radius 2 is 1.79 bits per heavy atom. The van der Waals surface area contributed by atoms with Crippen LogP contribution in [-0.2, 0) is 11.8 Å². The quantitative estimate of drug-likeness (QED) is 0.726. The van der Waals surface area contributed by atoms with Crippen LogP contribution in [0, 0.1) is 0 Å². The molecule has 1 heterocycles. The van der Waals surface area contributed by atoms with E-state index in [4.69, 9.17) is 0 Å². The standard InChI is InChI=1S/C17H20OS/c1-17(2,3)15-7-5-14(6-8-15)16(18)9-4-13-10-11-19-12-13/h5-8,10-12H,4,9H2,1-3H3.